The van der Waals surface area contributed by atoms with E-state index < -0.39 is 0 Å². The topological polar surface area (TPSA) is 62.0 Å². The summed E-state index contributed by atoms with van der Waals surface area (Å²) in [6, 6.07) is 14.0. The van der Waals surface area contributed by atoms with Crippen molar-refractivity contribution < 1.29 is 15.1 Å². The van der Waals surface area contributed by atoms with E-state index in [0.29, 0.717) is 29.2 Å². The lowest BCUT2D eigenvalue weighted by Crippen LogP contribution is -2.04. The van der Waals surface area contributed by atoms with Gasteiger partial charge in [-0.3, -0.25) is 0 Å². The number of ether oxygens (including phenoxy) is 1. The predicted molar refractivity (Wildman–Crippen MR) is 77.7 cm³/mol. The molecule has 0 fully saturated rings. The van der Waals surface area contributed by atoms with Crippen molar-refractivity contribution in [3.05, 3.63) is 72.3 Å². The Bertz CT molecular complexity index is 621. The molecule has 0 heterocycles. The summed E-state index contributed by atoms with van der Waals surface area (Å²) in [6.07, 6.45) is 1.62. The van der Waals surface area contributed by atoms with Gasteiger partial charge < -0.3 is 15.1 Å². The number of phenols is 1. The fraction of sp³-hybridized carbons (Fsp3) is 0.0625. The minimum absolute atomic E-state index is 0.0109. The van der Waals surface area contributed by atoms with Crippen molar-refractivity contribution in [1.29, 1.82) is 0 Å². The first kappa shape index (κ1) is 13.7. The van der Waals surface area contributed by atoms with Crippen LogP contribution in [-0.2, 0) is 0 Å². The molecule has 102 valence electrons. The van der Waals surface area contributed by atoms with Crippen molar-refractivity contribution in [3.63, 3.8) is 0 Å². The number of aromatic hydroxyl groups is 1. The van der Waals surface area contributed by atoms with E-state index in [1.807, 2.05) is 18.2 Å². The molecule has 4 heteroatoms. The third-order valence-electron chi connectivity index (χ3n) is 2.74. The lowest BCUT2D eigenvalue weighted by Gasteiger charge is -2.09. The number of oxime groups is 1. The van der Waals surface area contributed by atoms with Gasteiger partial charge in [0.05, 0.1) is 0 Å². The molecule has 0 amide bonds. The summed E-state index contributed by atoms with van der Waals surface area (Å²) in [7, 11) is 0. The van der Waals surface area contributed by atoms with Gasteiger partial charge in [-0.2, -0.15) is 0 Å². The lowest BCUT2D eigenvalue weighted by molar-refractivity contribution is 0.319. The molecule has 20 heavy (non-hydrogen) atoms. The molecule has 0 spiro atoms. The molecule has 0 bridgehead atoms. The highest BCUT2D eigenvalue weighted by Crippen LogP contribution is 2.26. The Hall–Kier alpha value is -2.75. The molecule has 0 aliphatic heterocycles. The van der Waals surface area contributed by atoms with Crippen molar-refractivity contribution in [2.75, 3.05) is 6.61 Å². The minimum atomic E-state index is -0.0109. The molecule has 2 N–H and O–H groups in total. The number of benzene rings is 2. The molecule has 0 radical (unpaired) electrons. The Balaban J connectivity index is 2.34. The molecule has 2 aromatic rings. The molecule has 4 nitrogen and oxygen atoms in total. The zero-order chi connectivity index (χ0) is 14.4. The Kier molecular flexibility index (Phi) is 4.39. The summed E-state index contributed by atoms with van der Waals surface area (Å²) >= 11 is 0. The molecule has 0 aromatic heterocycles. The van der Waals surface area contributed by atoms with Gasteiger partial charge in [0.25, 0.3) is 0 Å². The first-order valence-corrected chi connectivity index (χ1v) is 6.11. The molecule has 0 saturated carbocycles. The molecule has 2 aromatic carbocycles. The molecule has 2 rings (SSSR count). The highest BCUT2D eigenvalue weighted by Gasteiger charge is 2.12. The van der Waals surface area contributed by atoms with Gasteiger partial charge in [0, 0.05) is 17.2 Å². The quantitative estimate of drug-likeness (QED) is 0.379. The minimum Gasteiger partial charge on any atom is -0.507 e. The molecular weight excluding hydrogens is 254 g/mol. The van der Waals surface area contributed by atoms with Crippen LogP contribution in [0.25, 0.3) is 0 Å². The number of hydrogen-bond acceptors (Lipinski definition) is 4. The van der Waals surface area contributed by atoms with E-state index in [1.54, 1.807) is 30.3 Å². The summed E-state index contributed by atoms with van der Waals surface area (Å²) in [6.45, 7) is 3.92. The first-order chi connectivity index (χ1) is 9.76. The van der Waals surface area contributed by atoms with E-state index in [0.717, 1.165) is 0 Å². The van der Waals surface area contributed by atoms with Gasteiger partial charge in [-0.15, -0.1) is 0 Å². The fourth-order valence-corrected chi connectivity index (χ4v) is 1.82. The van der Waals surface area contributed by atoms with Crippen molar-refractivity contribution in [1.82, 2.24) is 0 Å². The summed E-state index contributed by atoms with van der Waals surface area (Å²) in [4.78, 5) is 0. The summed E-state index contributed by atoms with van der Waals surface area (Å²) in [5.74, 6) is 0.514. The van der Waals surface area contributed by atoms with Crippen LogP contribution < -0.4 is 4.74 Å². The Morgan fingerprint density at radius 3 is 2.55 bits per heavy atom. The van der Waals surface area contributed by atoms with Crippen LogP contribution in [0.1, 0.15) is 11.1 Å². The molecule has 0 atom stereocenters. The summed E-state index contributed by atoms with van der Waals surface area (Å²) in [5.41, 5.74) is 1.45. The SMILES string of the molecule is C=CCOc1ccc(C(=NO)c2ccccc2)c(O)c1. The highest BCUT2D eigenvalue weighted by atomic mass is 16.5. The largest absolute Gasteiger partial charge is 0.507 e. The van der Waals surface area contributed by atoms with Crippen LogP contribution in [-0.4, -0.2) is 22.6 Å². The maximum absolute atomic E-state index is 10.1. The zero-order valence-electron chi connectivity index (χ0n) is 10.9. The first-order valence-electron chi connectivity index (χ1n) is 6.11. The summed E-state index contributed by atoms with van der Waals surface area (Å²) in [5, 5.41) is 22.5. The molecule has 0 saturated heterocycles. The maximum atomic E-state index is 10.1. The Morgan fingerprint density at radius 1 is 1.20 bits per heavy atom. The van der Waals surface area contributed by atoms with Gasteiger partial charge in [0.1, 0.15) is 23.8 Å². The normalized spacial score (nSPS) is 11.1. The standard InChI is InChI=1S/C16H15NO3/c1-2-10-20-13-8-9-14(15(18)11-13)16(17-19)12-6-4-3-5-7-12/h2-9,11,18-19H,1,10H2. The second-order valence-corrected chi connectivity index (χ2v) is 4.09. The van der Waals surface area contributed by atoms with E-state index in [9.17, 15) is 10.3 Å². The van der Waals surface area contributed by atoms with E-state index in [2.05, 4.69) is 11.7 Å². The molecule has 0 unspecified atom stereocenters. The number of phenolic OH excluding ortho intramolecular Hbond substituents is 1. The van der Waals surface area contributed by atoms with Gasteiger partial charge in [-0.25, -0.2) is 0 Å². The average Bonchev–Trinajstić information content (AvgIpc) is 2.49. The number of hydrogen-bond donors (Lipinski definition) is 2. The van der Waals surface area contributed by atoms with E-state index in [1.165, 1.54) is 6.07 Å². The van der Waals surface area contributed by atoms with Gasteiger partial charge in [0.15, 0.2) is 0 Å². The Labute approximate surface area is 117 Å². The molecular formula is C16H15NO3. The summed E-state index contributed by atoms with van der Waals surface area (Å²) < 4.78 is 5.33. The monoisotopic (exact) mass is 269 g/mol. The van der Waals surface area contributed by atoms with E-state index >= 15 is 0 Å². The van der Waals surface area contributed by atoms with Crippen molar-refractivity contribution in [2.45, 2.75) is 0 Å². The van der Waals surface area contributed by atoms with Crippen LogP contribution >= 0.6 is 0 Å². The number of rotatable bonds is 5. The molecule has 0 aliphatic rings. The van der Waals surface area contributed by atoms with Gasteiger partial charge in [-0.05, 0) is 12.1 Å². The average molecular weight is 269 g/mol. The second-order valence-electron chi connectivity index (χ2n) is 4.09. The van der Waals surface area contributed by atoms with Crippen molar-refractivity contribution in [3.8, 4) is 11.5 Å². The van der Waals surface area contributed by atoms with Crippen LogP contribution in [0, 0.1) is 0 Å². The Morgan fingerprint density at radius 2 is 1.95 bits per heavy atom. The van der Waals surface area contributed by atoms with Crippen LogP contribution in [0.2, 0.25) is 0 Å². The lowest BCUT2D eigenvalue weighted by atomic mass is 10.0. The van der Waals surface area contributed by atoms with Crippen LogP contribution in [0.5, 0.6) is 11.5 Å². The third kappa shape index (κ3) is 2.98. The molecule has 0 aliphatic carbocycles. The smallest absolute Gasteiger partial charge is 0.128 e. The van der Waals surface area contributed by atoms with Gasteiger partial charge in [-0.1, -0.05) is 48.1 Å². The maximum Gasteiger partial charge on any atom is 0.128 e. The number of nitrogens with zero attached hydrogens (tertiary/aromatic N) is 1. The van der Waals surface area contributed by atoms with Crippen LogP contribution in [0.4, 0.5) is 0 Å². The van der Waals surface area contributed by atoms with E-state index in [4.69, 9.17) is 4.74 Å². The second kappa shape index (κ2) is 6.43. The van der Waals surface area contributed by atoms with Crippen molar-refractivity contribution in [2.24, 2.45) is 5.16 Å². The zero-order valence-corrected chi connectivity index (χ0v) is 10.9. The van der Waals surface area contributed by atoms with Gasteiger partial charge in [0.2, 0.25) is 0 Å². The highest BCUT2D eigenvalue weighted by molar-refractivity contribution is 6.14. The predicted octanol–water partition coefficient (Wildman–Crippen LogP) is 3.18. The van der Waals surface area contributed by atoms with E-state index in [-0.39, 0.29) is 5.75 Å². The van der Waals surface area contributed by atoms with Crippen molar-refractivity contribution >= 4 is 5.71 Å². The fourth-order valence-electron chi connectivity index (χ4n) is 1.82. The van der Waals surface area contributed by atoms with Crippen LogP contribution in [0.3, 0.4) is 0 Å². The van der Waals surface area contributed by atoms with Gasteiger partial charge >= 0.3 is 0 Å². The third-order valence-corrected chi connectivity index (χ3v) is 2.74. The van der Waals surface area contributed by atoms with Crippen LogP contribution in [0.15, 0.2) is 66.3 Å².